The molecule has 1 aliphatic rings. The molecule has 0 aliphatic heterocycles. The molecule has 30 heavy (non-hydrogen) atoms. The van der Waals surface area contributed by atoms with Crippen molar-refractivity contribution in [2.45, 2.75) is 51.6 Å². The molecule has 0 fully saturated rings. The molecule has 0 bridgehead atoms. The number of hydrogen-bond donors (Lipinski definition) is 1. The fourth-order valence-electron chi connectivity index (χ4n) is 4.06. The van der Waals surface area contributed by atoms with Crippen molar-refractivity contribution in [3.05, 3.63) is 89.2 Å². The number of carbonyl (C=O) groups excluding carboxylic acids is 1. The molecule has 4 rings (SSSR count). The van der Waals surface area contributed by atoms with E-state index in [4.69, 9.17) is 4.74 Å². The van der Waals surface area contributed by atoms with Gasteiger partial charge in [-0.1, -0.05) is 68.4 Å². The van der Waals surface area contributed by atoms with Crippen molar-refractivity contribution in [1.82, 2.24) is 4.98 Å². The van der Waals surface area contributed by atoms with E-state index < -0.39 is 0 Å². The zero-order chi connectivity index (χ0) is 20.9. The van der Waals surface area contributed by atoms with Gasteiger partial charge < -0.3 is 10.1 Å². The summed E-state index contributed by atoms with van der Waals surface area (Å²) in [4.78, 5) is 17.7. The van der Waals surface area contributed by atoms with Crippen molar-refractivity contribution >= 4 is 11.6 Å². The number of aryl methyl sites for hydroxylation is 1. The number of hydrogen-bond acceptors (Lipinski definition) is 3. The number of fused-ring (bicyclic) bond motifs is 1. The molecule has 1 aromatic heterocycles. The average molecular weight is 401 g/mol. The SMILES string of the molecule is CC(C)c1ncc(NC(=O)C2CCCc3ccccc32)cc1OCc1ccccc1. The fourth-order valence-corrected chi connectivity index (χ4v) is 4.06. The summed E-state index contributed by atoms with van der Waals surface area (Å²) >= 11 is 0. The first-order valence-electron chi connectivity index (χ1n) is 10.7. The zero-order valence-electron chi connectivity index (χ0n) is 17.6. The van der Waals surface area contributed by atoms with Crippen molar-refractivity contribution in [2.75, 3.05) is 5.32 Å². The number of pyridine rings is 1. The Balaban J connectivity index is 1.52. The van der Waals surface area contributed by atoms with E-state index in [0.717, 1.165) is 41.8 Å². The molecule has 4 nitrogen and oxygen atoms in total. The van der Waals surface area contributed by atoms with Crippen LogP contribution in [0.2, 0.25) is 0 Å². The highest BCUT2D eigenvalue weighted by Crippen LogP contribution is 2.33. The lowest BCUT2D eigenvalue weighted by molar-refractivity contribution is -0.117. The molecule has 1 heterocycles. The number of aromatic nitrogens is 1. The van der Waals surface area contributed by atoms with Gasteiger partial charge in [-0.15, -0.1) is 0 Å². The largest absolute Gasteiger partial charge is 0.487 e. The monoisotopic (exact) mass is 400 g/mol. The molecule has 1 unspecified atom stereocenters. The van der Waals surface area contributed by atoms with E-state index in [1.807, 2.05) is 48.5 Å². The zero-order valence-corrected chi connectivity index (χ0v) is 17.6. The molecule has 0 saturated carbocycles. The van der Waals surface area contributed by atoms with Crippen LogP contribution >= 0.6 is 0 Å². The van der Waals surface area contributed by atoms with Crippen LogP contribution in [0, 0.1) is 0 Å². The van der Waals surface area contributed by atoms with Gasteiger partial charge in [0.25, 0.3) is 0 Å². The summed E-state index contributed by atoms with van der Waals surface area (Å²) in [7, 11) is 0. The van der Waals surface area contributed by atoms with Crippen LogP contribution in [-0.4, -0.2) is 10.9 Å². The van der Waals surface area contributed by atoms with Crippen LogP contribution in [0.4, 0.5) is 5.69 Å². The maximum absolute atomic E-state index is 13.1. The summed E-state index contributed by atoms with van der Waals surface area (Å²) in [5, 5.41) is 3.08. The molecule has 2 aromatic carbocycles. The second kappa shape index (κ2) is 9.12. The van der Waals surface area contributed by atoms with Crippen LogP contribution in [-0.2, 0) is 17.8 Å². The van der Waals surface area contributed by atoms with Crippen LogP contribution in [0.15, 0.2) is 66.9 Å². The van der Waals surface area contributed by atoms with Crippen LogP contribution in [0.3, 0.4) is 0 Å². The van der Waals surface area contributed by atoms with Gasteiger partial charge in [0.15, 0.2) is 0 Å². The van der Waals surface area contributed by atoms with E-state index in [1.54, 1.807) is 6.20 Å². The fraction of sp³-hybridized carbons (Fsp3) is 0.308. The van der Waals surface area contributed by atoms with Gasteiger partial charge in [-0.05, 0) is 41.9 Å². The lowest BCUT2D eigenvalue weighted by Gasteiger charge is -2.24. The quantitative estimate of drug-likeness (QED) is 0.565. The number of benzene rings is 2. The molecule has 1 atom stereocenters. The predicted molar refractivity (Wildman–Crippen MR) is 120 cm³/mol. The van der Waals surface area contributed by atoms with Crippen LogP contribution in [0.25, 0.3) is 0 Å². The third-order valence-electron chi connectivity index (χ3n) is 5.62. The topological polar surface area (TPSA) is 51.2 Å². The van der Waals surface area contributed by atoms with Crippen LogP contribution in [0.1, 0.15) is 60.9 Å². The second-order valence-corrected chi connectivity index (χ2v) is 8.17. The molecular weight excluding hydrogens is 372 g/mol. The number of rotatable bonds is 6. The molecule has 0 radical (unpaired) electrons. The van der Waals surface area contributed by atoms with Gasteiger partial charge in [0, 0.05) is 6.07 Å². The van der Waals surface area contributed by atoms with E-state index in [-0.39, 0.29) is 17.7 Å². The molecule has 3 aromatic rings. The van der Waals surface area contributed by atoms with E-state index in [1.165, 1.54) is 5.56 Å². The summed E-state index contributed by atoms with van der Waals surface area (Å²) in [5.41, 5.74) is 5.10. The normalized spacial score (nSPS) is 15.5. The third-order valence-corrected chi connectivity index (χ3v) is 5.62. The van der Waals surface area contributed by atoms with Gasteiger partial charge in [0.05, 0.1) is 23.5 Å². The second-order valence-electron chi connectivity index (χ2n) is 8.17. The number of anilines is 1. The van der Waals surface area contributed by atoms with Crippen molar-refractivity contribution in [2.24, 2.45) is 0 Å². The molecule has 1 N–H and O–H groups in total. The van der Waals surface area contributed by atoms with Crippen molar-refractivity contribution in [3.8, 4) is 5.75 Å². The smallest absolute Gasteiger partial charge is 0.231 e. The van der Waals surface area contributed by atoms with E-state index >= 15 is 0 Å². The highest BCUT2D eigenvalue weighted by Gasteiger charge is 2.26. The number of carbonyl (C=O) groups is 1. The summed E-state index contributed by atoms with van der Waals surface area (Å²) in [6.07, 6.45) is 4.68. The van der Waals surface area contributed by atoms with Crippen molar-refractivity contribution < 1.29 is 9.53 Å². The molecule has 1 amide bonds. The Morgan fingerprint density at radius 1 is 1.13 bits per heavy atom. The first-order valence-corrected chi connectivity index (χ1v) is 10.7. The summed E-state index contributed by atoms with van der Waals surface area (Å²) in [5.74, 6) is 0.852. The highest BCUT2D eigenvalue weighted by molar-refractivity contribution is 5.96. The van der Waals surface area contributed by atoms with E-state index in [2.05, 4.69) is 36.3 Å². The highest BCUT2D eigenvalue weighted by atomic mass is 16.5. The molecule has 0 saturated heterocycles. The number of ether oxygens (including phenoxy) is 1. The maximum atomic E-state index is 13.1. The Bertz CT molecular complexity index is 1010. The minimum absolute atomic E-state index is 0.0234. The minimum Gasteiger partial charge on any atom is -0.487 e. The Kier molecular flexibility index (Phi) is 6.12. The summed E-state index contributed by atoms with van der Waals surface area (Å²) in [6, 6.07) is 20.2. The first kappa shape index (κ1) is 20.1. The van der Waals surface area contributed by atoms with Crippen LogP contribution < -0.4 is 10.1 Å². The number of nitrogens with one attached hydrogen (secondary N) is 1. The lowest BCUT2D eigenvalue weighted by Crippen LogP contribution is -2.24. The van der Waals surface area contributed by atoms with Gasteiger partial charge in [0.1, 0.15) is 12.4 Å². The van der Waals surface area contributed by atoms with Gasteiger partial charge in [-0.25, -0.2) is 0 Å². The average Bonchev–Trinajstić information content (AvgIpc) is 2.78. The Labute approximate surface area is 178 Å². The van der Waals surface area contributed by atoms with Gasteiger partial charge >= 0.3 is 0 Å². The van der Waals surface area contributed by atoms with Gasteiger partial charge in [-0.3, -0.25) is 9.78 Å². The molecular formula is C26H28N2O2. The Hall–Kier alpha value is -3.14. The Morgan fingerprint density at radius 2 is 1.90 bits per heavy atom. The van der Waals surface area contributed by atoms with Crippen molar-refractivity contribution in [1.29, 1.82) is 0 Å². The Morgan fingerprint density at radius 3 is 2.70 bits per heavy atom. The molecule has 1 aliphatic carbocycles. The van der Waals surface area contributed by atoms with E-state index in [0.29, 0.717) is 12.3 Å². The lowest BCUT2D eigenvalue weighted by atomic mass is 9.82. The van der Waals surface area contributed by atoms with Gasteiger partial charge in [-0.2, -0.15) is 0 Å². The predicted octanol–water partition coefficient (Wildman–Crippen LogP) is 5.84. The first-order chi connectivity index (χ1) is 14.6. The number of nitrogens with zero attached hydrogens (tertiary/aromatic N) is 1. The minimum atomic E-state index is -0.117. The van der Waals surface area contributed by atoms with Gasteiger partial charge in [0.2, 0.25) is 5.91 Å². The maximum Gasteiger partial charge on any atom is 0.231 e. The third kappa shape index (κ3) is 4.54. The van der Waals surface area contributed by atoms with Crippen molar-refractivity contribution in [3.63, 3.8) is 0 Å². The van der Waals surface area contributed by atoms with E-state index in [9.17, 15) is 4.79 Å². The molecule has 154 valence electrons. The molecule has 0 spiro atoms. The summed E-state index contributed by atoms with van der Waals surface area (Å²) in [6.45, 7) is 4.65. The van der Waals surface area contributed by atoms with Crippen LogP contribution in [0.5, 0.6) is 5.75 Å². The number of amides is 1. The summed E-state index contributed by atoms with van der Waals surface area (Å²) < 4.78 is 6.09. The standard InChI is InChI=1S/C26H28N2O2/c1-18(2)25-24(30-17-19-9-4-3-5-10-19)15-21(16-27-25)28-26(29)23-14-8-12-20-11-6-7-13-22(20)23/h3-7,9-11,13,15-16,18,23H,8,12,14,17H2,1-2H3,(H,28,29). The molecule has 4 heteroatoms.